The third kappa shape index (κ3) is 7.90. The fourth-order valence-corrected chi connectivity index (χ4v) is 3.84. The van der Waals surface area contributed by atoms with Crippen LogP contribution in [0.4, 0.5) is 5.69 Å². The van der Waals surface area contributed by atoms with E-state index in [-0.39, 0.29) is 10.8 Å². The van der Waals surface area contributed by atoms with Crippen LogP contribution in [0.3, 0.4) is 0 Å². The highest BCUT2D eigenvalue weighted by atomic mass is 32.1. The first-order chi connectivity index (χ1) is 16.1. The molecule has 2 N–H and O–H groups in total. The molecule has 0 fully saturated rings. The number of thiocarbonyl (C=S) groups is 1. The topological polar surface area (TPSA) is 42.5 Å². The normalized spacial score (nSPS) is 11.7. The van der Waals surface area contributed by atoms with Crippen molar-refractivity contribution in [2.45, 2.75) is 85.0 Å². The minimum Gasteiger partial charge on any atom is -0.493 e. The molecule has 0 atom stereocenters. The van der Waals surface area contributed by atoms with Gasteiger partial charge < -0.3 is 20.1 Å². The minimum atomic E-state index is 0.0758. The summed E-state index contributed by atoms with van der Waals surface area (Å²) in [6, 6.07) is 14.6. The van der Waals surface area contributed by atoms with E-state index in [1.54, 1.807) is 0 Å². The van der Waals surface area contributed by atoms with Crippen LogP contribution in [0.5, 0.6) is 11.5 Å². The SMILES string of the molecule is CCOc1ccccc1NC(=S)NCCCCOc1ccc(C(C)(C)CC)cc1C(C)(C)CC. The van der Waals surface area contributed by atoms with Gasteiger partial charge in [-0.2, -0.15) is 0 Å². The summed E-state index contributed by atoms with van der Waals surface area (Å²) in [6.07, 6.45) is 4.11. The Bertz CT molecular complexity index is 924. The van der Waals surface area contributed by atoms with Crippen molar-refractivity contribution >= 4 is 23.0 Å². The van der Waals surface area contributed by atoms with E-state index in [9.17, 15) is 0 Å². The zero-order valence-corrected chi connectivity index (χ0v) is 23.0. The van der Waals surface area contributed by atoms with Gasteiger partial charge in [0.25, 0.3) is 0 Å². The van der Waals surface area contributed by atoms with Crippen LogP contribution < -0.4 is 20.1 Å². The van der Waals surface area contributed by atoms with E-state index in [1.165, 1.54) is 11.1 Å². The lowest BCUT2D eigenvalue weighted by Gasteiger charge is -2.30. The van der Waals surface area contributed by atoms with Crippen LogP contribution in [0.15, 0.2) is 42.5 Å². The average Bonchev–Trinajstić information content (AvgIpc) is 2.82. The molecule has 0 amide bonds. The van der Waals surface area contributed by atoms with Crippen molar-refractivity contribution in [3.05, 3.63) is 53.6 Å². The van der Waals surface area contributed by atoms with Gasteiger partial charge in [-0.05, 0) is 79.4 Å². The van der Waals surface area contributed by atoms with E-state index in [4.69, 9.17) is 21.7 Å². The van der Waals surface area contributed by atoms with Gasteiger partial charge in [0.15, 0.2) is 5.11 Å². The molecule has 34 heavy (non-hydrogen) atoms. The van der Waals surface area contributed by atoms with Crippen molar-refractivity contribution < 1.29 is 9.47 Å². The molecule has 2 aromatic carbocycles. The van der Waals surface area contributed by atoms with Crippen molar-refractivity contribution in [2.24, 2.45) is 0 Å². The molecule has 0 heterocycles. The molecule has 2 rings (SSSR count). The Balaban J connectivity index is 1.86. The van der Waals surface area contributed by atoms with E-state index in [0.29, 0.717) is 18.3 Å². The maximum atomic E-state index is 6.28. The highest BCUT2D eigenvalue weighted by Gasteiger charge is 2.26. The summed E-state index contributed by atoms with van der Waals surface area (Å²) in [5.41, 5.74) is 3.82. The molecule has 2 aromatic rings. The van der Waals surface area contributed by atoms with Crippen LogP contribution in [-0.2, 0) is 10.8 Å². The Morgan fingerprint density at radius 3 is 2.24 bits per heavy atom. The van der Waals surface area contributed by atoms with Crippen LogP contribution in [0.1, 0.15) is 85.3 Å². The number of benzene rings is 2. The van der Waals surface area contributed by atoms with E-state index < -0.39 is 0 Å². The molecule has 5 heteroatoms. The Labute approximate surface area is 212 Å². The second-order valence-corrected chi connectivity index (χ2v) is 10.5. The van der Waals surface area contributed by atoms with Crippen LogP contribution in [0.2, 0.25) is 0 Å². The molecule has 188 valence electrons. The first kappa shape index (κ1) is 28.0. The molecule has 4 nitrogen and oxygen atoms in total. The van der Waals surface area contributed by atoms with Gasteiger partial charge in [0.1, 0.15) is 11.5 Å². The molecule has 0 aliphatic heterocycles. The monoisotopic (exact) mass is 484 g/mol. The van der Waals surface area contributed by atoms with Gasteiger partial charge in [-0.1, -0.05) is 65.8 Å². The smallest absolute Gasteiger partial charge is 0.170 e. The standard InChI is InChI=1S/C29H44N2O2S/c1-8-28(4,5)22-17-18-25(23(21-22)29(6,7)9-2)33-20-14-13-19-30-27(34)31-24-15-11-12-16-26(24)32-10-3/h11-12,15-18,21H,8-10,13-14,19-20H2,1-7H3,(H2,30,31,34). The first-order valence-electron chi connectivity index (χ1n) is 12.7. The molecule has 0 saturated carbocycles. The fraction of sp³-hybridized carbons (Fsp3) is 0.552. The van der Waals surface area contributed by atoms with Crippen molar-refractivity contribution in [3.63, 3.8) is 0 Å². The third-order valence-electron chi connectivity index (χ3n) is 6.81. The zero-order chi connectivity index (χ0) is 25.2. The lowest BCUT2D eigenvalue weighted by molar-refractivity contribution is 0.296. The molecule has 0 aliphatic carbocycles. The van der Waals surface area contributed by atoms with Crippen molar-refractivity contribution in [1.82, 2.24) is 5.32 Å². The van der Waals surface area contributed by atoms with Crippen LogP contribution >= 0.6 is 12.2 Å². The number of hydrogen-bond donors (Lipinski definition) is 2. The van der Waals surface area contributed by atoms with E-state index in [1.807, 2.05) is 31.2 Å². The molecule has 0 radical (unpaired) electrons. The van der Waals surface area contributed by atoms with Gasteiger partial charge in [-0.3, -0.25) is 0 Å². The number of ether oxygens (including phenoxy) is 2. The Kier molecular flexibility index (Phi) is 10.7. The minimum absolute atomic E-state index is 0.0758. The fourth-order valence-electron chi connectivity index (χ4n) is 3.63. The lowest BCUT2D eigenvalue weighted by Crippen LogP contribution is -2.29. The summed E-state index contributed by atoms with van der Waals surface area (Å²) in [4.78, 5) is 0. The maximum Gasteiger partial charge on any atom is 0.170 e. The average molecular weight is 485 g/mol. The highest BCUT2D eigenvalue weighted by molar-refractivity contribution is 7.80. The van der Waals surface area contributed by atoms with E-state index >= 15 is 0 Å². The molecule has 0 bridgehead atoms. The molecule has 0 unspecified atom stereocenters. The van der Waals surface area contributed by atoms with E-state index in [0.717, 1.165) is 49.4 Å². The van der Waals surface area contributed by atoms with Gasteiger partial charge in [-0.25, -0.2) is 0 Å². The predicted octanol–water partition coefficient (Wildman–Crippen LogP) is 7.61. The quantitative estimate of drug-likeness (QED) is 0.226. The summed E-state index contributed by atoms with van der Waals surface area (Å²) >= 11 is 5.45. The summed E-state index contributed by atoms with van der Waals surface area (Å²) in [5.74, 6) is 1.82. The molecule has 0 aliphatic rings. The van der Waals surface area contributed by atoms with Crippen molar-refractivity contribution in [3.8, 4) is 11.5 Å². The molecular formula is C29H44N2O2S. The number of hydrogen-bond acceptors (Lipinski definition) is 3. The number of nitrogens with one attached hydrogen (secondary N) is 2. The molecular weight excluding hydrogens is 440 g/mol. The summed E-state index contributed by atoms with van der Waals surface area (Å²) < 4.78 is 11.9. The molecule has 0 aromatic heterocycles. The van der Waals surface area contributed by atoms with Gasteiger partial charge in [0.2, 0.25) is 0 Å². The van der Waals surface area contributed by atoms with Gasteiger partial charge in [0.05, 0.1) is 18.9 Å². The highest BCUT2D eigenvalue weighted by Crippen LogP contribution is 2.38. The van der Waals surface area contributed by atoms with Gasteiger partial charge in [0, 0.05) is 12.1 Å². The molecule has 0 saturated heterocycles. The lowest BCUT2D eigenvalue weighted by atomic mass is 9.76. The first-order valence-corrected chi connectivity index (χ1v) is 13.1. The van der Waals surface area contributed by atoms with E-state index in [2.05, 4.69) is 70.4 Å². The number of para-hydroxylation sites is 2. The largest absolute Gasteiger partial charge is 0.493 e. The van der Waals surface area contributed by atoms with Gasteiger partial charge >= 0.3 is 0 Å². The predicted molar refractivity (Wildman–Crippen MR) is 150 cm³/mol. The Morgan fingerprint density at radius 2 is 1.56 bits per heavy atom. The summed E-state index contributed by atoms with van der Waals surface area (Å²) in [6.45, 7) is 17.8. The second kappa shape index (κ2) is 13.0. The Hall–Kier alpha value is -2.27. The maximum absolute atomic E-state index is 6.28. The number of anilines is 1. The van der Waals surface area contributed by atoms with Crippen LogP contribution in [-0.4, -0.2) is 24.9 Å². The summed E-state index contributed by atoms with van der Waals surface area (Å²) in [5, 5.41) is 7.12. The zero-order valence-electron chi connectivity index (χ0n) is 22.2. The van der Waals surface area contributed by atoms with Gasteiger partial charge in [-0.15, -0.1) is 0 Å². The van der Waals surface area contributed by atoms with Crippen molar-refractivity contribution in [1.29, 1.82) is 0 Å². The summed E-state index contributed by atoms with van der Waals surface area (Å²) in [7, 11) is 0. The van der Waals surface area contributed by atoms with Crippen LogP contribution in [0.25, 0.3) is 0 Å². The second-order valence-electron chi connectivity index (χ2n) is 10.1. The number of rotatable bonds is 13. The van der Waals surface area contributed by atoms with Crippen molar-refractivity contribution in [2.75, 3.05) is 25.1 Å². The Morgan fingerprint density at radius 1 is 0.853 bits per heavy atom. The molecule has 0 spiro atoms. The third-order valence-corrected chi connectivity index (χ3v) is 7.05. The number of unbranched alkanes of at least 4 members (excludes halogenated alkanes) is 1. The van der Waals surface area contributed by atoms with Crippen LogP contribution in [0, 0.1) is 0 Å².